The third-order valence-corrected chi connectivity index (χ3v) is 6.78. The van der Waals surface area contributed by atoms with Crippen molar-refractivity contribution in [2.24, 2.45) is 7.05 Å². The number of amides is 1. The lowest BCUT2D eigenvalue weighted by Crippen LogP contribution is -2.15. The Morgan fingerprint density at radius 2 is 1.90 bits per heavy atom. The lowest BCUT2D eigenvalue weighted by Gasteiger charge is -2.12. The molecule has 1 atom stereocenters. The van der Waals surface area contributed by atoms with Crippen molar-refractivity contribution >= 4 is 21.4 Å². The number of aryl methyl sites for hydroxylation is 2. The Morgan fingerprint density at radius 1 is 1.17 bits per heavy atom. The average Bonchev–Trinajstić information content (AvgIpc) is 3.35. The Hall–Kier alpha value is -3.08. The molecule has 1 aromatic carbocycles. The van der Waals surface area contributed by atoms with Crippen LogP contribution in [0.25, 0.3) is 11.4 Å². The van der Waals surface area contributed by atoms with Gasteiger partial charge in [0.15, 0.2) is 9.84 Å². The van der Waals surface area contributed by atoms with Crippen LogP contribution in [0.15, 0.2) is 24.3 Å². The lowest BCUT2D eigenvalue weighted by atomic mass is 10.1. The molecule has 10 nitrogen and oxygen atoms in total. The van der Waals surface area contributed by atoms with E-state index in [2.05, 4.69) is 25.8 Å². The van der Waals surface area contributed by atoms with Crippen molar-refractivity contribution < 1.29 is 13.2 Å². The van der Waals surface area contributed by atoms with Crippen LogP contribution in [-0.2, 0) is 16.9 Å². The number of nitrogens with one attached hydrogen (secondary N) is 1. The predicted molar refractivity (Wildman–Crippen MR) is 106 cm³/mol. The van der Waals surface area contributed by atoms with Crippen LogP contribution in [0.5, 0.6) is 0 Å². The number of tetrazole rings is 1. The van der Waals surface area contributed by atoms with Crippen LogP contribution in [-0.4, -0.2) is 55.8 Å². The number of benzene rings is 1. The van der Waals surface area contributed by atoms with E-state index in [1.165, 1.54) is 4.80 Å². The Kier molecular flexibility index (Phi) is 4.69. The molecule has 29 heavy (non-hydrogen) atoms. The fourth-order valence-electron chi connectivity index (χ4n) is 3.52. The molecule has 0 saturated carbocycles. The minimum atomic E-state index is -3.02. The highest BCUT2D eigenvalue weighted by atomic mass is 32.2. The van der Waals surface area contributed by atoms with Crippen molar-refractivity contribution in [1.29, 1.82) is 0 Å². The fourth-order valence-corrected chi connectivity index (χ4v) is 5.22. The van der Waals surface area contributed by atoms with E-state index >= 15 is 0 Å². The van der Waals surface area contributed by atoms with Gasteiger partial charge in [0.2, 0.25) is 5.82 Å². The first kappa shape index (κ1) is 19.2. The Bertz CT molecular complexity index is 1180. The summed E-state index contributed by atoms with van der Waals surface area (Å²) in [6.45, 7) is 3.63. The van der Waals surface area contributed by atoms with Crippen molar-refractivity contribution in [3.05, 3.63) is 41.2 Å². The van der Waals surface area contributed by atoms with E-state index in [-0.39, 0.29) is 23.5 Å². The number of aromatic nitrogens is 6. The molecule has 3 aromatic rings. The molecule has 1 N–H and O–H groups in total. The van der Waals surface area contributed by atoms with Gasteiger partial charge in [-0.05, 0) is 37.6 Å². The molecule has 2 aromatic heterocycles. The molecule has 1 fully saturated rings. The third-order valence-electron chi connectivity index (χ3n) is 5.03. The van der Waals surface area contributed by atoms with Gasteiger partial charge in [-0.1, -0.05) is 12.1 Å². The van der Waals surface area contributed by atoms with Crippen LogP contribution in [0.4, 0.5) is 5.69 Å². The van der Waals surface area contributed by atoms with Gasteiger partial charge in [0.1, 0.15) is 0 Å². The summed E-state index contributed by atoms with van der Waals surface area (Å²) in [6, 6.07) is 6.72. The molecule has 1 aliphatic rings. The van der Waals surface area contributed by atoms with E-state index in [0.717, 1.165) is 11.3 Å². The van der Waals surface area contributed by atoms with Gasteiger partial charge in [0.25, 0.3) is 5.91 Å². The van der Waals surface area contributed by atoms with Gasteiger partial charge in [-0.15, -0.1) is 10.2 Å². The molecule has 1 amide bonds. The van der Waals surface area contributed by atoms with Gasteiger partial charge in [-0.25, -0.2) is 8.42 Å². The molecular weight excluding hydrogens is 394 g/mol. The minimum Gasteiger partial charge on any atom is -0.319 e. The van der Waals surface area contributed by atoms with Crippen LogP contribution in [0.1, 0.15) is 34.2 Å². The topological polar surface area (TPSA) is 125 Å². The summed E-state index contributed by atoms with van der Waals surface area (Å²) < 4.78 is 25.3. The molecule has 4 rings (SSSR count). The molecule has 0 spiro atoms. The molecule has 0 aliphatic carbocycles. The monoisotopic (exact) mass is 415 g/mol. The summed E-state index contributed by atoms with van der Waals surface area (Å²) in [4.78, 5) is 14.1. The summed E-state index contributed by atoms with van der Waals surface area (Å²) in [5.41, 5.74) is 3.25. The van der Waals surface area contributed by atoms with Gasteiger partial charge in [0, 0.05) is 11.1 Å². The number of sulfone groups is 1. The maximum atomic E-state index is 12.7. The normalized spacial score (nSPS) is 18.1. The Balaban J connectivity index is 1.53. The van der Waals surface area contributed by atoms with E-state index in [0.29, 0.717) is 29.2 Å². The highest BCUT2D eigenvalue weighted by Gasteiger charge is 2.31. The van der Waals surface area contributed by atoms with Gasteiger partial charge >= 0.3 is 0 Å². The van der Waals surface area contributed by atoms with E-state index in [1.807, 2.05) is 6.92 Å². The second kappa shape index (κ2) is 7.07. The fraction of sp³-hybridized carbons (Fsp3) is 0.389. The largest absolute Gasteiger partial charge is 0.319 e. The van der Waals surface area contributed by atoms with E-state index in [4.69, 9.17) is 0 Å². The van der Waals surface area contributed by atoms with Crippen molar-refractivity contribution in [1.82, 2.24) is 30.0 Å². The number of hydrogen-bond donors (Lipinski definition) is 1. The third kappa shape index (κ3) is 3.77. The maximum absolute atomic E-state index is 12.7. The highest BCUT2D eigenvalue weighted by Crippen LogP contribution is 2.29. The number of hydrogen-bond acceptors (Lipinski definition) is 7. The summed E-state index contributed by atoms with van der Waals surface area (Å²) in [7, 11) is -1.34. The molecular formula is C18H21N7O3S. The van der Waals surface area contributed by atoms with Crippen molar-refractivity contribution in [3.8, 4) is 11.4 Å². The van der Waals surface area contributed by atoms with Gasteiger partial charge in [0.05, 0.1) is 41.7 Å². The molecule has 0 bridgehead atoms. The molecule has 0 radical (unpaired) electrons. The highest BCUT2D eigenvalue weighted by molar-refractivity contribution is 7.91. The van der Waals surface area contributed by atoms with E-state index in [9.17, 15) is 13.2 Å². The number of carbonyl (C=O) groups excluding carboxylic acids is 1. The molecule has 3 heterocycles. The summed E-state index contributed by atoms with van der Waals surface area (Å²) in [5.74, 6) is 0.470. The van der Waals surface area contributed by atoms with Crippen LogP contribution in [0, 0.1) is 13.8 Å². The quantitative estimate of drug-likeness (QED) is 0.681. The zero-order chi connectivity index (χ0) is 20.8. The molecule has 1 saturated heterocycles. The van der Waals surface area contributed by atoms with Crippen LogP contribution >= 0.6 is 0 Å². The first-order valence-electron chi connectivity index (χ1n) is 9.15. The van der Waals surface area contributed by atoms with Gasteiger partial charge in [-0.2, -0.15) is 9.90 Å². The Labute approximate surface area is 167 Å². The van der Waals surface area contributed by atoms with Crippen LogP contribution < -0.4 is 5.32 Å². The summed E-state index contributed by atoms with van der Waals surface area (Å²) in [5, 5.41) is 19.3. The van der Waals surface area contributed by atoms with E-state index < -0.39 is 9.84 Å². The zero-order valence-electron chi connectivity index (χ0n) is 16.3. The minimum absolute atomic E-state index is 0.0836. The number of rotatable bonds is 4. The number of carbonyl (C=O) groups is 1. The average molecular weight is 415 g/mol. The summed E-state index contributed by atoms with van der Waals surface area (Å²) >= 11 is 0. The first-order chi connectivity index (χ1) is 13.7. The predicted octanol–water partition coefficient (Wildman–Crippen LogP) is 1.30. The molecule has 11 heteroatoms. The second-order valence-corrected chi connectivity index (χ2v) is 9.41. The van der Waals surface area contributed by atoms with Crippen molar-refractivity contribution in [2.45, 2.75) is 26.3 Å². The van der Waals surface area contributed by atoms with Crippen LogP contribution in [0.2, 0.25) is 0 Å². The van der Waals surface area contributed by atoms with Crippen molar-refractivity contribution in [3.63, 3.8) is 0 Å². The maximum Gasteiger partial charge on any atom is 0.255 e. The second-order valence-electron chi connectivity index (χ2n) is 7.18. The number of nitrogens with zero attached hydrogens (tertiary/aromatic N) is 6. The van der Waals surface area contributed by atoms with E-state index in [1.54, 1.807) is 42.9 Å². The van der Waals surface area contributed by atoms with Gasteiger partial charge in [-0.3, -0.25) is 9.48 Å². The zero-order valence-corrected chi connectivity index (χ0v) is 17.1. The first-order valence-corrected chi connectivity index (χ1v) is 11.0. The lowest BCUT2D eigenvalue weighted by molar-refractivity contribution is 0.102. The number of anilines is 1. The molecule has 152 valence electrons. The SMILES string of the molecule is Cc1nn(C2CCS(=O)(=O)C2)c(C)c1NC(=O)c1ccc(-c2nnn(C)n2)cc1. The van der Waals surface area contributed by atoms with Crippen molar-refractivity contribution in [2.75, 3.05) is 16.8 Å². The standard InChI is InChI=1S/C18H21N7O3S/c1-11-16(12(2)25(21-11)15-8-9-29(27,28)10-15)19-18(26)14-6-4-13(5-7-14)17-20-23-24(3)22-17/h4-7,15H,8-10H2,1-3H3,(H,19,26). The molecule has 1 unspecified atom stereocenters. The summed E-state index contributed by atoms with van der Waals surface area (Å²) in [6.07, 6.45) is 0.537. The Morgan fingerprint density at radius 3 is 2.48 bits per heavy atom. The van der Waals surface area contributed by atoms with Crippen LogP contribution in [0.3, 0.4) is 0 Å². The smallest absolute Gasteiger partial charge is 0.255 e. The molecule has 1 aliphatic heterocycles. The van der Waals surface area contributed by atoms with Gasteiger partial charge < -0.3 is 5.32 Å².